The molecule has 206 valence electrons. The summed E-state index contributed by atoms with van der Waals surface area (Å²) in [6, 6.07) is 5.40. The second-order valence-corrected chi connectivity index (χ2v) is 10.4. The Morgan fingerprint density at radius 1 is 0.526 bits per heavy atom. The summed E-state index contributed by atoms with van der Waals surface area (Å²) in [7, 11) is 0. The van der Waals surface area contributed by atoms with Gasteiger partial charge in [0.2, 0.25) is 23.6 Å². The molecule has 0 saturated carbocycles. The molecule has 0 atom stereocenters. The van der Waals surface area contributed by atoms with Crippen LogP contribution in [0.15, 0.2) is 24.3 Å². The van der Waals surface area contributed by atoms with Gasteiger partial charge in [-0.3, -0.25) is 40.4 Å². The van der Waals surface area contributed by atoms with E-state index in [0.717, 1.165) is 38.5 Å². The second-order valence-electron chi connectivity index (χ2n) is 10.4. The van der Waals surface area contributed by atoms with E-state index < -0.39 is 46.5 Å². The lowest BCUT2D eigenvalue weighted by Crippen LogP contribution is -2.63. The van der Waals surface area contributed by atoms with Gasteiger partial charge in [0.15, 0.2) is 0 Å². The lowest BCUT2D eigenvalue weighted by Gasteiger charge is -2.36. The van der Waals surface area contributed by atoms with Crippen molar-refractivity contribution in [3.8, 4) is 0 Å². The number of urea groups is 2. The lowest BCUT2D eigenvalue weighted by atomic mass is 9.70. The van der Waals surface area contributed by atoms with E-state index in [0.29, 0.717) is 24.0 Å². The maximum absolute atomic E-state index is 13.2. The maximum Gasteiger partial charge on any atom is 0.328 e. The van der Waals surface area contributed by atoms with Gasteiger partial charge in [-0.25, -0.2) is 9.59 Å². The summed E-state index contributed by atoms with van der Waals surface area (Å²) in [4.78, 5) is 76.3. The van der Waals surface area contributed by atoms with Gasteiger partial charge in [-0.05, 0) is 36.8 Å². The van der Waals surface area contributed by atoms with Crippen LogP contribution >= 0.6 is 0 Å². The number of rotatable bonds is 14. The number of unbranched alkanes of at least 4 members (excludes halogenated alkanes) is 6. The Morgan fingerprint density at radius 2 is 0.868 bits per heavy atom. The molecule has 10 nitrogen and oxygen atoms in total. The van der Waals surface area contributed by atoms with Gasteiger partial charge >= 0.3 is 12.1 Å². The third kappa shape index (κ3) is 6.28. The van der Waals surface area contributed by atoms with E-state index in [1.165, 1.54) is 0 Å². The highest BCUT2D eigenvalue weighted by atomic mass is 16.2. The molecule has 3 rings (SSSR count). The average Bonchev–Trinajstić information content (AvgIpc) is 2.86. The van der Waals surface area contributed by atoms with Gasteiger partial charge in [0, 0.05) is 0 Å². The predicted octanol–water partition coefficient (Wildman–Crippen LogP) is 3.42. The van der Waals surface area contributed by atoms with Crippen LogP contribution in [0.4, 0.5) is 9.59 Å². The van der Waals surface area contributed by atoms with Gasteiger partial charge in [0.25, 0.3) is 0 Å². The maximum atomic E-state index is 13.2. The summed E-state index contributed by atoms with van der Waals surface area (Å²) in [6.07, 6.45) is 7.33. The van der Waals surface area contributed by atoms with Gasteiger partial charge < -0.3 is 0 Å². The molecule has 2 saturated heterocycles. The fourth-order valence-corrected chi connectivity index (χ4v) is 5.37. The minimum absolute atomic E-state index is 0.00826. The summed E-state index contributed by atoms with van der Waals surface area (Å²) < 4.78 is 0. The second kappa shape index (κ2) is 12.8. The number of hydrogen-bond acceptors (Lipinski definition) is 6. The largest absolute Gasteiger partial charge is 0.328 e. The van der Waals surface area contributed by atoms with Crippen molar-refractivity contribution in [2.24, 2.45) is 10.8 Å². The number of carbonyl (C=O) groups excluding carboxylic acids is 6. The Kier molecular flexibility index (Phi) is 9.77. The molecule has 2 aliphatic rings. The molecule has 0 radical (unpaired) electrons. The van der Waals surface area contributed by atoms with E-state index in [9.17, 15) is 28.8 Å². The standard InChI is InChI=1S/C28H38N4O6/c1-3-5-7-11-15-27(21(33)29-25(37)30-22(27)34)17-19-13-9-10-14-20(19)18-28(16-12-8-6-4-2)23(35)31-26(38)32-24(28)36/h9-10,13-14H,3-8,11-12,15-18H2,1-2H3,(H2,29,30,33,34,37)(H2,31,32,35,36,38). The first-order chi connectivity index (χ1) is 18.2. The zero-order valence-corrected chi connectivity index (χ0v) is 22.2. The molecule has 0 aliphatic carbocycles. The number of nitrogens with one attached hydrogen (secondary N) is 4. The molecule has 1 aromatic carbocycles. The Morgan fingerprint density at radius 3 is 1.18 bits per heavy atom. The normalized spacial score (nSPS) is 18.5. The van der Waals surface area contributed by atoms with Gasteiger partial charge in [-0.2, -0.15) is 0 Å². The SMILES string of the molecule is CCCCCCC1(Cc2ccccc2CC2(CCCCCC)C(=O)NC(=O)NC2=O)C(=O)NC(=O)NC1=O. The van der Waals surface area contributed by atoms with Crippen LogP contribution in [-0.4, -0.2) is 35.7 Å². The third-order valence-electron chi connectivity index (χ3n) is 7.66. The highest BCUT2D eigenvalue weighted by Crippen LogP contribution is 2.37. The summed E-state index contributed by atoms with van der Waals surface area (Å²) in [5, 5.41) is 9.01. The molecule has 0 unspecified atom stereocenters. The topological polar surface area (TPSA) is 151 Å². The molecule has 8 amide bonds. The number of carbonyl (C=O) groups is 6. The molecule has 2 fully saturated rings. The molecule has 0 spiro atoms. The molecule has 2 aliphatic heterocycles. The Hall–Kier alpha value is -3.56. The summed E-state index contributed by atoms with van der Waals surface area (Å²) in [5.74, 6) is -2.59. The number of amides is 8. The molecular formula is C28H38N4O6. The lowest BCUT2D eigenvalue weighted by molar-refractivity contribution is -0.147. The fourth-order valence-electron chi connectivity index (χ4n) is 5.37. The molecule has 0 aromatic heterocycles. The van der Waals surface area contributed by atoms with Crippen molar-refractivity contribution in [3.63, 3.8) is 0 Å². The molecule has 38 heavy (non-hydrogen) atoms. The quantitative estimate of drug-likeness (QED) is 0.215. The summed E-state index contributed by atoms with van der Waals surface area (Å²) >= 11 is 0. The minimum Gasteiger partial charge on any atom is -0.277 e. The monoisotopic (exact) mass is 526 g/mol. The Bertz CT molecular complexity index is 974. The van der Waals surface area contributed by atoms with Crippen molar-refractivity contribution in [1.29, 1.82) is 0 Å². The van der Waals surface area contributed by atoms with Crippen molar-refractivity contribution in [2.45, 2.75) is 90.9 Å². The first-order valence-corrected chi connectivity index (χ1v) is 13.6. The smallest absolute Gasteiger partial charge is 0.277 e. The van der Waals surface area contributed by atoms with E-state index >= 15 is 0 Å². The van der Waals surface area contributed by atoms with Crippen LogP contribution in [0.3, 0.4) is 0 Å². The van der Waals surface area contributed by atoms with Crippen molar-refractivity contribution in [1.82, 2.24) is 21.3 Å². The van der Waals surface area contributed by atoms with Gasteiger partial charge in [-0.1, -0.05) is 89.5 Å². The van der Waals surface area contributed by atoms with Crippen molar-refractivity contribution >= 4 is 35.7 Å². The third-order valence-corrected chi connectivity index (χ3v) is 7.66. The van der Waals surface area contributed by atoms with Crippen LogP contribution in [0.25, 0.3) is 0 Å². The van der Waals surface area contributed by atoms with E-state index in [4.69, 9.17) is 0 Å². The van der Waals surface area contributed by atoms with Crippen LogP contribution in [-0.2, 0) is 32.0 Å². The number of imide groups is 4. The predicted molar refractivity (Wildman–Crippen MR) is 140 cm³/mol. The van der Waals surface area contributed by atoms with Crippen LogP contribution in [0.2, 0.25) is 0 Å². The van der Waals surface area contributed by atoms with E-state index in [1.807, 2.05) is 0 Å². The zero-order chi connectivity index (χ0) is 27.8. The summed E-state index contributed by atoms with van der Waals surface area (Å²) in [5.41, 5.74) is -1.74. The number of benzene rings is 1. The zero-order valence-electron chi connectivity index (χ0n) is 22.2. The van der Waals surface area contributed by atoms with Crippen LogP contribution in [0, 0.1) is 10.8 Å². The van der Waals surface area contributed by atoms with Gasteiger partial charge in [0.05, 0.1) is 0 Å². The van der Waals surface area contributed by atoms with E-state index in [1.54, 1.807) is 24.3 Å². The number of barbiturate groups is 2. The minimum atomic E-state index is -1.50. The Balaban J connectivity index is 1.96. The van der Waals surface area contributed by atoms with Crippen LogP contribution in [0.5, 0.6) is 0 Å². The van der Waals surface area contributed by atoms with E-state index in [2.05, 4.69) is 35.1 Å². The first kappa shape index (κ1) is 29.0. The van der Waals surface area contributed by atoms with Gasteiger partial charge in [-0.15, -0.1) is 0 Å². The highest BCUT2D eigenvalue weighted by molar-refractivity contribution is 6.20. The molecule has 10 heteroatoms. The highest BCUT2D eigenvalue weighted by Gasteiger charge is 2.52. The molecule has 0 bridgehead atoms. The van der Waals surface area contributed by atoms with Crippen molar-refractivity contribution in [3.05, 3.63) is 35.4 Å². The number of hydrogen-bond donors (Lipinski definition) is 4. The van der Waals surface area contributed by atoms with Crippen LogP contribution in [0.1, 0.15) is 89.2 Å². The van der Waals surface area contributed by atoms with Crippen LogP contribution < -0.4 is 21.3 Å². The first-order valence-electron chi connectivity index (χ1n) is 13.6. The molecule has 2 heterocycles. The van der Waals surface area contributed by atoms with E-state index in [-0.39, 0.29) is 25.7 Å². The van der Waals surface area contributed by atoms with Crippen molar-refractivity contribution in [2.75, 3.05) is 0 Å². The molecule has 1 aromatic rings. The molecular weight excluding hydrogens is 488 g/mol. The summed E-state index contributed by atoms with van der Waals surface area (Å²) in [6.45, 7) is 4.13. The average molecular weight is 527 g/mol. The fraction of sp³-hybridized carbons (Fsp3) is 0.571. The molecule has 4 N–H and O–H groups in total. The van der Waals surface area contributed by atoms with Gasteiger partial charge in [0.1, 0.15) is 10.8 Å². The van der Waals surface area contributed by atoms with Crippen molar-refractivity contribution < 1.29 is 28.8 Å². The Labute approximate surface area is 223 Å².